The molecule has 0 aromatic carbocycles. The zero-order valence-corrected chi connectivity index (χ0v) is 12.4. The van der Waals surface area contributed by atoms with Crippen LogP contribution in [0.25, 0.3) is 0 Å². The molecule has 1 N–H and O–H groups in total. The van der Waals surface area contributed by atoms with Gasteiger partial charge in [-0.05, 0) is 56.1 Å². The van der Waals surface area contributed by atoms with Crippen LogP contribution in [0, 0.1) is 5.92 Å². The van der Waals surface area contributed by atoms with E-state index in [4.69, 9.17) is 4.74 Å². The summed E-state index contributed by atoms with van der Waals surface area (Å²) >= 11 is 2.08. The molecule has 0 aliphatic carbocycles. The molecule has 2 aliphatic rings. The maximum Gasteiger partial charge on any atom is 0.0701 e. The van der Waals surface area contributed by atoms with E-state index in [2.05, 4.69) is 36.7 Å². The highest BCUT2D eigenvalue weighted by Crippen LogP contribution is 2.41. The number of nitrogens with one attached hydrogen (secondary N) is 1. The van der Waals surface area contributed by atoms with Crippen molar-refractivity contribution in [2.45, 2.75) is 50.7 Å². The van der Waals surface area contributed by atoms with Crippen LogP contribution in [0.1, 0.15) is 39.0 Å². The first-order valence-corrected chi connectivity index (χ1v) is 8.51. The Morgan fingerprint density at radius 3 is 2.94 bits per heavy atom. The fraction of sp³-hybridized carbons (Fsp3) is 0.867. The molecule has 2 atom stereocenters. The number of hydrogen-bond acceptors (Lipinski definition) is 3. The highest BCUT2D eigenvalue weighted by molar-refractivity contribution is 7.99. The maximum absolute atomic E-state index is 6.18. The smallest absolute Gasteiger partial charge is 0.0701 e. The Labute approximate surface area is 116 Å². The second-order valence-electron chi connectivity index (χ2n) is 5.59. The van der Waals surface area contributed by atoms with Crippen LogP contribution < -0.4 is 5.32 Å². The molecule has 2 fully saturated rings. The summed E-state index contributed by atoms with van der Waals surface area (Å²) in [7, 11) is 0. The molecule has 2 saturated heterocycles. The summed E-state index contributed by atoms with van der Waals surface area (Å²) in [6.07, 6.45) is 8.11. The number of ether oxygens (including phenoxy) is 1. The van der Waals surface area contributed by atoms with Crippen molar-refractivity contribution < 1.29 is 4.74 Å². The van der Waals surface area contributed by atoms with Crippen LogP contribution >= 0.6 is 11.8 Å². The summed E-state index contributed by atoms with van der Waals surface area (Å²) in [5.41, 5.74) is 0.211. The SMILES string of the molecule is C=CCC(NCC)C1CCOC2(CCSCC2)C1. The lowest BCUT2D eigenvalue weighted by molar-refractivity contribution is -0.107. The lowest BCUT2D eigenvalue weighted by Crippen LogP contribution is -2.48. The molecule has 2 aliphatic heterocycles. The molecular formula is C15H27NOS. The summed E-state index contributed by atoms with van der Waals surface area (Å²) in [6.45, 7) is 8.11. The number of thioether (sulfide) groups is 1. The van der Waals surface area contributed by atoms with E-state index in [1.807, 2.05) is 0 Å². The number of hydrogen-bond donors (Lipinski definition) is 1. The lowest BCUT2D eigenvalue weighted by atomic mass is 9.78. The zero-order chi connectivity index (χ0) is 12.8. The van der Waals surface area contributed by atoms with Gasteiger partial charge in [0.1, 0.15) is 0 Å². The van der Waals surface area contributed by atoms with Crippen LogP contribution in [0.5, 0.6) is 0 Å². The molecule has 0 bridgehead atoms. The topological polar surface area (TPSA) is 21.3 Å². The van der Waals surface area contributed by atoms with Gasteiger partial charge in [0, 0.05) is 12.6 Å². The fourth-order valence-electron chi connectivity index (χ4n) is 3.39. The van der Waals surface area contributed by atoms with E-state index in [1.165, 1.54) is 37.2 Å². The molecule has 2 nitrogen and oxygen atoms in total. The molecule has 0 aromatic heterocycles. The molecule has 1 spiro atoms. The molecule has 18 heavy (non-hydrogen) atoms. The Bertz CT molecular complexity index is 258. The van der Waals surface area contributed by atoms with E-state index in [1.54, 1.807) is 0 Å². The standard InChI is InChI=1S/C15H27NOS/c1-3-5-14(16-4-2)13-6-9-17-15(12-13)7-10-18-11-8-15/h3,13-14,16H,1,4-12H2,2H3. The Morgan fingerprint density at radius 2 is 2.28 bits per heavy atom. The first kappa shape index (κ1) is 14.4. The normalized spacial score (nSPS) is 29.1. The van der Waals surface area contributed by atoms with Crippen molar-refractivity contribution in [2.75, 3.05) is 24.7 Å². The minimum Gasteiger partial charge on any atom is -0.375 e. The quantitative estimate of drug-likeness (QED) is 0.774. The summed E-state index contributed by atoms with van der Waals surface area (Å²) in [5.74, 6) is 3.32. The molecule has 2 heterocycles. The van der Waals surface area contributed by atoms with Gasteiger partial charge in [-0.15, -0.1) is 6.58 Å². The average Bonchev–Trinajstić information content (AvgIpc) is 2.39. The van der Waals surface area contributed by atoms with Gasteiger partial charge in [0.15, 0.2) is 0 Å². The van der Waals surface area contributed by atoms with Gasteiger partial charge in [-0.2, -0.15) is 11.8 Å². The maximum atomic E-state index is 6.18. The molecule has 0 radical (unpaired) electrons. The van der Waals surface area contributed by atoms with Crippen molar-refractivity contribution >= 4 is 11.8 Å². The van der Waals surface area contributed by atoms with Crippen LogP contribution in [0.3, 0.4) is 0 Å². The Kier molecular flexibility index (Phi) is 5.58. The van der Waals surface area contributed by atoms with Crippen LogP contribution in [-0.2, 0) is 4.74 Å². The van der Waals surface area contributed by atoms with E-state index in [0.29, 0.717) is 6.04 Å². The molecule has 104 valence electrons. The largest absolute Gasteiger partial charge is 0.375 e. The average molecular weight is 269 g/mol. The van der Waals surface area contributed by atoms with Crippen molar-refractivity contribution in [1.82, 2.24) is 5.32 Å². The van der Waals surface area contributed by atoms with Crippen molar-refractivity contribution in [1.29, 1.82) is 0 Å². The van der Waals surface area contributed by atoms with E-state index in [9.17, 15) is 0 Å². The molecule has 3 heteroatoms. The first-order chi connectivity index (χ1) is 8.79. The van der Waals surface area contributed by atoms with Crippen molar-refractivity contribution in [2.24, 2.45) is 5.92 Å². The van der Waals surface area contributed by atoms with Gasteiger partial charge in [-0.1, -0.05) is 13.0 Å². The van der Waals surface area contributed by atoms with Crippen molar-refractivity contribution in [3.63, 3.8) is 0 Å². The summed E-state index contributed by atoms with van der Waals surface area (Å²) in [6, 6.07) is 0.600. The van der Waals surface area contributed by atoms with Gasteiger partial charge in [0.25, 0.3) is 0 Å². The zero-order valence-electron chi connectivity index (χ0n) is 11.6. The third-order valence-electron chi connectivity index (χ3n) is 4.39. The third-order valence-corrected chi connectivity index (χ3v) is 5.38. The van der Waals surface area contributed by atoms with E-state index in [0.717, 1.165) is 25.5 Å². The van der Waals surface area contributed by atoms with Gasteiger partial charge in [-0.25, -0.2) is 0 Å². The molecule has 0 saturated carbocycles. The first-order valence-electron chi connectivity index (χ1n) is 7.35. The summed E-state index contributed by atoms with van der Waals surface area (Å²) < 4.78 is 6.18. The van der Waals surface area contributed by atoms with Gasteiger partial charge < -0.3 is 10.1 Å². The lowest BCUT2D eigenvalue weighted by Gasteiger charge is -2.45. The van der Waals surface area contributed by atoms with Gasteiger partial charge in [0.2, 0.25) is 0 Å². The predicted octanol–water partition coefficient (Wildman–Crippen LogP) is 3.23. The fourth-order valence-corrected chi connectivity index (χ4v) is 4.62. The molecular weight excluding hydrogens is 242 g/mol. The summed E-state index contributed by atoms with van der Waals surface area (Å²) in [5, 5.41) is 3.64. The van der Waals surface area contributed by atoms with E-state index >= 15 is 0 Å². The van der Waals surface area contributed by atoms with E-state index < -0.39 is 0 Å². The minimum absolute atomic E-state index is 0.211. The van der Waals surface area contributed by atoms with Crippen molar-refractivity contribution in [3.05, 3.63) is 12.7 Å². The van der Waals surface area contributed by atoms with Gasteiger partial charge in [-0.3, -0.25) is 0 Å². The molecule has 2 unspecified atom stereocenters. The van der Waals surface area contributed by atoms with Crippen molar-refractivity contribution in [3.8, 4) is 0 Å². The number of rotatable bonds is 5. The highest BCUT2D eigenvalue weighted by Gasteiger charge is 2.40. The Hall–Kier alpha value is 0.0100. The van der Waals surface area contributed by atoms with Crippen LogP contribution in [0.15, 0.2) is 12.7 Å². The second kappa shape index (κ2) is 6.97. The minimum atomic E-state index is 0.211. The monoisotopic (exact) mass is 269 g/mol. The Balaban J connectivity index is 1.97. The highest BCUT2D eigenvalue weighted by atomic mass is 32.2. The second-order valence-corrected chi connectivity index (χ2v) is 6.81. The van der Waals surface area contributed by atoms with Gasteiger partial charge >= 0.3 is 0 Å². The molecule has 2 rings (SSSR count). The van der Waals surface area contributed by atoms with Crippen LogP contribution in [0.2, 0.25) is 0 Å². The van der Waals surface area contributed by atoms with E-state index in [-0.39, 0.29) is 5.60 Å². The molecule has 0 aromatic rings. The van der Waals surface area contributed by atoms with Crippen LogP contribution in [0.4, 0.5) is 0 Å². The Morgan fingerprint density at radius 1 is 1.50 bits per heavy atom. The summed E-state index contributed by atoms with van der Waals surface area (Å²) in [4.78, 5) is 0. The van der Waals surface area contributed by atoms with Crippen LogP contribution in [-0.4, -0.2) is 36.3 Å². The third kappa shape index (κ3) is 3.52. The molecule has 0 amide bonds. The van der Waals surface area contributed by atoms with Gasteiger partial charge in [0.05, 0.1) is 5.60 Å². The predicted molar refractivity (Wildman–Crippen MR) is 80.2 cm³/mol.